The Morgan fingerprint density at radius 2 is 1.65 bits per heavy atom. The van der Waals surface area contributed by atoms with Crippen molar-refractivity contribution in [2.24, 2.45) is 0 Å². The van der Waals surface area contributed by atoms with Crippen LogP contribution in [-0.2, 0) is 10.0 Å². The number of hydrogen-bond acceptors (Lipinski definition) is 5. The third kappa shape index (κ3) is 5.45. The number of nitrogens with one attached hydrogen (secondary N) is 1. The van der Waals surface area contributed by atoms with Crippen LogP contribution in [0.15, 0.2) is 77.8 Å². The second kappa shape index (κ2) is 8.82. The Bertz CT molecular complexity index is 933. The number of para-hydroxylation sites is 2. The Kier molecular flexibility index (Phi) is 6.51. The lowest BCUT2D eigenvalue weighted by molar-refractivity contribution is 0.373. The van der Waals surface area contributed by atoms with Gasteiger partial charge in [0.1, 0.15) is 11.6 Å². The molecule has 2 N–H and O–H groups in total. The second-order valence-corrected chi connectivity index (χ2v) is 6.63. The summed E-state index contributed by atoms with van der Waals surface area (Å²) in [6, 6.07) is 17.1. The molecule has 0 aliphatic heterocycles. The maximum absolute atomic E-state index is 12.6. The minimum absolute atomic E-state index is 0.0789. The van der Waals surface area contributed by atoms with Crippen LogP contribution in [0.3, 0.4) is 0 Å². The number of rotatable bonds is 4. The molecule has 26 heavy (non-hydrogen) atoms. The third-order valence-electron chi connectivity index (χ3n) is 3.10. The number of aromatic nitrogens is 1. The van der Waals surface area contributed by atoms with Crippen LogP contribution in [0.5, 0.6) is 11.5 Å². The molecule has 0 radical (unpaired) electrons. The van der Waals surface area contributed by atoms with Crippen molar-refractivity contribution in [1.82, 2.24) is 4.98 Å². The lowest BCUT2D eigenvalue weighted by Crippen LogP contribution is -2.13. The highest BCUT2D eigenvalue weighted by molar-refractivity contribution is 7.92. The summed E-state index contributed by atoms with van der Waals surface area (Å²) in [5.41, 5.74) is 0. The number of anilines is 1. The standard InChI is InChI=1S/C11H9FN2O2S.C7H8O2/c12-9-6-7-11(13-8-9)14-17(15,16)10-4-2-1-3-5-10;1-9-7-5-3-2-4-6(7)8/h1-8H,(H,13,14);2-5,8H,1H3. The van der Waals surface area contributed by atoms with Gasteiger partial charge in [0.15, 0.2) is 11.5 Å². The van der Waals surface area contributed by atoms with Gasteiger partial charge in [-0.25, -0.2) is 17.8 Å². The zero-order chi connectivity index (χ0) is 19.0. The van der Waals surface area contributed by atoms with Gasteiger partial charge in [-0.15, -0.1) is 0 Å². The van der Waals surface area contributed by atoms with Gasteiger partial charge in [0.25, 0.3) is 10.0 Å². The van der Waals surface area contributed by atoms with Gasteiger partial charge in [-0.1, -0.05) is 30.3 Å². The number of pyridine rings is 1. The minimum Gasteiger partial charge on any atom is -0.504 e. The molecular weight excluding hydrogens is 359 g/mol. The Hall–Kier alpha value is -3.13. The molecular formula is C18H17FN2O4S. The van der Waals surface area contributed by atoms with Crippen molar-refractivity contribution in [2.75, 3.05) is 11.8 Å². The molecule has 2 aromatic carbocycles. The van der Waals surface area contributed by atoms with Gasteiger partial charge in [0.05, 0.1) is 18.2 Å². The van der Waals surface area contributed by atoms with Crippen LogP contribution < -0.4 is 9.46 Å². The van der Waals surface area contributed by atoms with Crippen molar-refractivity contribution in [3.63, 3.8) is 0 Å². The zero-order valence-corrected chi connectivity index (χ0v) is 14.7. The number of sulfonamides is 1. The first-order valence-electron chi connectivity index (χ1n) is 7.44. The quantitative estimate of drug-likeness (QED) is 0.728. The zero-order valence-electron chi connectivity index (χ0n) is 13.8. The van der Waals surface area contributed by atoms with Gasteiger partial charge in [0, 0.05) is 0 Å². The van der Waals surface area contributed by atoms with E-state index in [9.17, 15) is 12.8 Å². The first-order chi connectivity index (χ1) is 12.4. The van der Waals surface area contributed by atoms with Gasteiger partial charge < -0.3 is 9.84 Å². The largest absolute Gasteiger partial charge is 0.504 e. The molecule has 136 valence electrons. The normalized spacial score (nSPS) is 10.4. The molecule has 0 atom stereocenters. The van der Waals surface area contributed by atoms with E-state index in [0.717, 1.165) is 12.3 Å². The molecule has 0 spiro atoms. The summed E-state index contributed by atoms with van der Waals surface area (Å²) in [6.45, 7) is 0. The number of phenolic OH excluding ortho intramolecular Hbond substituents is 1. The highest BCUT2D eigenvalue weighted by Gasteiger charge is 2.13. The summed E-state index contributed by atoms with van der Waals surface area (Å²) in [4.78, 5) is 3.75. The molecule has 0 aliphatic rings. The van der Waals surface area contributed by atoms with E-state index in [-0.39, 0.29) is 16.5 Å². The van der Waals surface area contributed by atoms with E-state index in [4.69, 9.17) is 9.84 Å². The first kappa shape index (κ1) is 19.2. The van der Waals surface area contributed by atoms with E-state index in [0.29, 0.717) is 5.75 Å². The van der Waals surface area contributed by atoms with E-state index < -0.39 is 15.8 Å². The molecule has 0 bridgehead atoms. The Morgan fingerprint density at radius 3 is 2.19 bits per heavy atom. The minimum atomic E-state index is -3.66. The van der Waals surface area contributed by atoms with Crippen molar-refractivity contribution in [3.8, 4) is 11.5 Å². The van der Waals surface area contributed by atoms with Crippen LogP contribution >= 0.6 is 0 Å². The molecule has 1 heterocycles. The van der Waals surface area contributed by atoms with Gasteiger partial charge in [0.2, 0.25) is 0 Å². The lowest BCUT2D eigenvalue weighted by Gasteiger charge is -2.06. The molecule has 3 aromatic rings. The van der Waals surface area contributed by atoms with Crippen molar-refractivity contribution < 1.29 is 22.7 Å². The first-order valence-corrected chi connectivity index (χ1v) is 8.92. The highest BCUT2D eigenvalue weighted by Crippen LogP contribution is 2.23. The Balaban J connectivity index is 0.000000228. The molecule has 0 saturated heterocycles. The second-order valence-electron chi connectivity index (χ2n) is 4.95. The molecule has 6 nitrogen and oxygen atoms in total. The molecule has 0 saturated carbocycles. The van der Waals surface area contributed by atoms with E-state index in [1.54, 1.807) is 42.5 Å². The topological polar surface area (TPSA) is 88.5 Å². The fourth-order valence-electron chi connectivity index (χ4n) is 1.86. The van der Waals surface area contributed by atoms with E-state index in [2.05, 4.69) is 9.71 Å². The van der Waals surface area contributed by atoms with Crippen LogP contribution in [0.2, 0.25) is 0 Å². The number of nitrogens with zero attached hydrogens (tertiary/aromatic N) is 1. The summed E-state index contributed by atoms with van der Waals surface area (Å²) in [5, 5.41) is 8.99. The van der Waals surface area contributed by atoms with E-state index in [1.807, 2.05) is 0 Å². The van der Waals surface area contributed by atoms with Crippen molar-refractivity contribution in [2.45, 2.75) is 4.90 Å². The highest BCUT2D eigenvalue weighted by atomic mass is 32.2. The number of hydrogen-bond donors (Lipinski definition) is 2. The average Bonchev–Trinajstić information content (AvgIpc) is 2.65. The molecule has 0 fully saturated rings. The van der Waals surface area contributed by atoms with Gasteiger partial charge in [-0.3, -0.25) is 4.72 Å². The van der Waals surface area contributed by atoms with Crippen molar-refractivity contribution in [1.29, 1.82) is 0 Å². The number of methoxy groups -OCH3 is 1. The molecule has 0 aliphatic carbocycles. The molecule has 1 aromatic heterocycles. The average molecular weight is 376 g/mol. The van der Waals surface area contributed by atoms with E-state index >= 15 is 0 Å². The van der Waals surface area contributed by atoms with Crippen LogP contribution in [-0.4, -0.2) is 25.6 Å². The smallest absolute Gasteiger partial charge is 0.263 e. The van der Waals surface area contributed by atoms with Gasteiger partial charge in [-0.2, -0.15) is 0 Å². The molecule has 0 unspecified atom stereocenters. The number of aromatic hydroxyl groups is 1. The predicted molar refractivity (Wildman–Crippen MR) is 96.1 cm³/mol. The van der Waals surface area contributed by atoms with Crippen LogP contribution in [0, 0.1) is 5.82 Å². The van der Waals surface area contributed by atoms with Crippen molar-refractivity contribution in [3.05, 3.63) is 78.7 Å². The number of ether oxygens (including phenoxy) is 1. The summed E-state index contributed by atoms with van der Waals surface area (Å²) in [6.07, 6.45) is 0.947. The van der Waals surface area contributed by atoms with Gasteiger partial charge in [-0.05, 0) is 36.4 Å². The SMILES string of the molecule is COc1ccccc1O.O=S(=O)(Nc1ccc(F)cn1)c1ccccc1. The van der Waals surface area contributed by atoms with Crippen LogP contribution in [0.4, 0.5) is 10.2 Å². The lowest BCUT2D eigenvalue weighted by atomic mass is 10.3. The molecule has 8 heteroatoms. The van der Waals surface area contributed by atoms with E-state index in [1.165, 1.54) is 25.3 Å². The summed E-state index contributed by atoms with van der Waals surface area (Å²) < 4.78 is 43.3. The van der Waals surface area contributed by atoms with Crippen LogP contribution in [0.25, 0.3) is 0 Å². The summed E-state index contributed by atoms with van der Waals surface area (Å²) >= 11 is 0. The predicted octanol–water partition coefficient (Wildman–Crippen LogP) is 3.42. The fraction of sp³-hybridized carbons (Fsp3) is 0.0556. The third-order valence-corrected chi connectivity index (χ3v) is 4.48. The fourth-order valence-corrected chi connectivity index (χ4v) is 2.89. The van der Waals surface area contributed by atoms with Crippen LogP contribution in [0.1, 0.15) is 0 Å². The number of benzene rings is 2. The summed E-state index contributed by atoms with van der Waals surface area (Å²) in [7, 11) is -2.14. The summed E-state index contributed by atoms with van der Waals surface area (Å²) in [5.74, 6) is 0.250. The number of phenols is 1. The Morgan fingerprint density at radius 1 is 1.00 bits per heavy atom. The maximum atomic E-state index is 12.6. The molecule has 0 amide bonds. The Labute approximate surface area is 151 Å². The monoisotopic (exact) mass is 376 g/mol. The molecule has 3 rings (SSSR count). The van der Waals surface area contributed by atoms with Gasteiger partial charge >= 0.3 is 0 Å². The number of halogens is 1. The van der Waals surface area contributed by atoms with Crippen molar-refractivity contribution >= 4 is 15.8 Å². The maximum Gasteiger partial charge on any atom is 0.263 e.